The van der Waals surface area contributed by atoms with Crippen LogP contribution in [-0.2, 0) is 0 Å². The molecule has 1 saturated heterocycles. The molecule has 0 aliphatic carbocycles. The molecule has 1 rings (SSSR count). The molecule has 0 atom stereocenters. The second-order valence-corrected chi connectivity index (χ2v) is 3.10. The van der Waals surface area contributed by atoms with Crippen molar-refractivity contribution in [2.75, 3.05) is 13.1 Å². The van der Waals surface area contributed by atoms with Gasteiger partial charge in [0.2, 0.25) is 0 Å². The largest absolute Gasteiger partial charge is 0.338 e. The van der Waals surface area contributed by atoms with Gasteiger partial charge in [-0.1, -0.05) is 13.8 Å². The van der Waals surface area contributed by atoms with Crippen LogP contribution in [0.5, 0.6) is 0 Å². The molecule has 0 bridgehead atoms. The lowest BCUT2D eigenvalue weighted by Crippen LogP contribution is -2.49. The van der Waals surface area contributed by atoms with Gasteiger partial charge in [0.1, 0.15) is 0 Å². The number of rotatable bonds is 1. The van der Waals surface area contributed by atoms with Gasteiger partial charge in [0, 0.05) is 13.1 Å². The topological polar surface area (TPSA) is 41.1 Å². The van der Waals surface area contributed by atoms with Crippen LogP contribution < -0.4 is 10.6 Å². The fourth-order valence-electron chi connectivity index (χ4n) is 1.05. The lowest BCUT2D eigenvalue weighted by molar-refractivity contribution is 0.221. The summed E-state index contributed by atoms with van der Waals surface area (Å²) in [5, 5.41) is 5.53. The van der Waals surface area contributed by atoms with Gasteiger partial charge in [-0.25, -0.2) is 4.79 Å². The number of carbonyl (C=O) groups is 1. The van der Waals surface area contributed by atoms with E-state index >= 15 is 0 Å². The van der Waals surface area contributed by atoms with Crippen LogP contribution in [0.2, 0.25) is 0 Å². The Bertz CT molecular complexity index is 124. The normalized spacial score (nSPS) is 20.5. The summed E-state index contributed by atoms with van der Waals surface area (Å²) in [7, 11) is 0. The van der Waals surface area contributed by atoms with E-state index in [2.05, 4.69) is 24.5 Å². The molecule has 1 heterocycles. The van der Waals surface area contributed by atoms with E-state index in [1.807, 2.05) is 0 Å². The summed E-state index contributed by atoms with van der Waals surface area (Å²) in [6.45, 7) is 5.99. The minimum absolute atomic E-state index is 0.0306. The predicted octanol–water partition coefficient (Wildman–Crippen LogP) is 0.571. The maximum Gasteiger partial charge on any atom is 0.314 e. The molecule has 1 aliphatic rings. The lowest BCUT2D eigenvalue weighted by Gasteiger charge is -2.26. The van der Waals surface area contributed by atoms with E-state index in [4.69, 9.17) is 0 Å². The van der Waals surface area contributed by atoms with Gasteiger partial charge in [-0.2, -0.15) is 0 Å². The minimum atomic E-state index is -0.0306. The smallest absolute Gasteiger partial charge is 0.314 e. The Morgan fingerprint density at radius 3 is 2.30 bits per heavy atom. The Morgan fingerprint density at radius 2 is 1.90 bits per heavy atom. The predicted molar refractivity (Wildman–Crippen MR) is 39.7 cm³/mol. The third-order valence-electron chi connectivity index (χ3n) is 1.99. The third kappa shape index (κ3) is 1.62. The van der Waals surface area contributed by atoms with E-state index in [9.17, 15) is 4.79 Å². The number of hydrogen-bond donors (Lipinski definition) is 2. The molecule has 0 aromatic rings. The highest BCUT2D eigenvalue weighted by molar-refractivity contribution is 5.74. The SMILES string of the molecule is CC(C)C1CNC(=O)NC1. The summed E-state index contributed by atoms with van der Waals surface area (Å²) in [6, 6.07) is -0.0306. The maximum atomic E-state index is 10.6. The molecule has 2 N–H and O–H groups in total. The van der Waals surface area contributed by atoms with Gasteiger partial charge < -0.3 is 10.6 Å². The molecule has 0 aromatic carbocycles. The Kier molecular flexibility index (Phi) is 2.14. The Hall–Kier alpha value is -0.730. The number of carbonyl (C=O) groups excluding carboxylic acids is 1. The highest BCUT2D eigenvalue weighted by Crippen LogP contribution is 2.09. The van der Waals surface area contributed by atoms with Crippen LogP contribution in [0.25, 0.3) is 0 Å². The van der Waals surface area contributed by atoms with Crippen molar-refractivity contribution in [3.8, 4) is 0 Å². The van der Waals surface area contributed by atoms with Crippen molar-refractivity contribution in [1.82, 2.24) is 10.6 Å². The third-order valence-corrected chi connectivity index (χ3v) is 1.99. The van der Waals surface area contributed by atoms with Crippen LogP contribution in [0.1, 0.15) is 13.8 Å². The molecule has 0 saturated carbocycles. The average molecular weight is 142 g/mol. The molecule has 0 unspecified atom stereocenters. The van der Waals surface area contributed by atoms with E-state index in [1.54, 1.807) is 0 Å². The molecular weight excluding hydrogens is 128 g/mol. The molecule has 58 valence electrons. The van der Waals surface area contributed by atoms with Gasteiger partial charge in [-0.3, -0.25) is 0 Å². The van der Waals surface area contributed by atoms with Crippen molar-refractivity contribution in [3.63, 3.8) is 0 Å². The summed E-state index contributed by atoms with van der Waals surface area (Å²) in [5.74, 6) is 1.24. The molecule has 3 heteroatoms. The number of urea groups is 1. The average Bonchev–Trinajstić information content (AvgIpc) is 1.88. The van der Waals surface area contributed by atoms with E-state index in [1.165, 1.54) is 0 Å². The van der Waals surface area contributed by atoms with Crippen molar-refractivity contribution in [2.24, 2.45) is 11.8 Å². The maximum absolute atomic E-state index is 10.6. The van der Waals surface area contributed by atoms with Crippen LogP contribution in [0.15, 0.2) is 0 Å². The second-order valence-electron chi connectivity index (χ2n) is 3.10. The summed E-state index contributed by atoms with van der Waals surface area (Å²) in [4.78, 5) is 10.6. The monoisotopic (exact) mass is 142 g/mol. The van der Waals surface area contributed by atoms with E-state index in [0.29, 0.717) is 11.8 Å². The fourth-order valence-corrected chi connectivity index (χ4v) is 1.05. The lowest BCUT2D eigenvalue weighted by atomic mass is 9.95. The zero-order valence-corrected chi connectivity index (χ0v) is 6.48. The van der Waals surface area contributed by atoms with E-state index in [-0.39, 0.29) is 6.03 Å². The Balaban J connectivity index is 2.33. The molecule has 2 amide bonds. The first-order valence-corrected chi connectivity index (χ1v) is 3.72. The van der Waals surface area contributed by atoms with Crippen molar-refractivity contribution < 1.29 is 4.79 Å². The minimum Gasteiger partial charge on any atom is -0.338 e. The van der Waals surface area contributed by atoms with Crippen LogP contribution in [0.4, 0.5) is 4.79 Å². The van der Waals surface area contributed by atoms with Crippen molar-refractivity contribution in [3.05, 3.63) is 0 Å². The highest BCUT2D eigenvalue weighted by Gasteiger charge is 2.19. The van der Waals surface area contributed by atoms with Crippen LogP contribution in [0, 0.1) is 11.8 Å². The van der Waals surface area contributed by atoms with Crippen LogP contribution in [-0.4, -0.2) is 19.1 Å². The molecule has 3 nitrogen and oxygen atoms in total. The quantitative estimate of drug-likeness (QED) is 0.552. The first kappa shape index (κ1) is 7.38. The van der Waals surface area contributed by atoms with Crippen LogP contribution >= 0.6 is 0 Å². The fraction of sp³-hybridized carbons (Fsp3) is 0.857. The van der Waals surface area contributed by atoms with Gasteiger partial charge in [-0.15, -0.1) is 0 Å². The van der Waals surface area contributed by atoms with Gasteiger partial charge in [0.05, 0.1) is 0 Å². The molecule has 0 spiro atoms. The molecular formula is C7H14N2O. The molecule has 10 heavy (non-hydrogen) atoms. The van der Waals surface area contributed by atoms with Crippen LogP contribution in [0.3, 0.4) is 0 Å². The Labute approximate surface area is 61.2 Å². The van der Waals surface area contributed by atoms with Crippen molar-refractivity contribution in [1.29, 1.82) is 0 Å². The van der Waals surface area contributed by atoms with Crippen molar-refractivity contribution >= 4 is 6.03 Å². The Morgan fingerprint density at radius 1 is 1.40 bits per heavy atom. The van der Waals surface area contributed by atoms with E-state index < -0.39 is 0 Å². The molecule has 1 aliphatic heterocycles. The summed E-state index contributed by atoms with van der Waals surface area (Å²) in [6.07, 6.45) is 0. The zero-order valence-electron chi connectivity index (χ0n) is 6.48. The van der Waals surface area contributed by atoms with Crippen molar-refractivity contribution in [2.45, 2.75) is 13.8 Å². The molecule has 0 radical (unpaired) electrons. The first-order valence-electron chi connectivity index (χ1n) is 3.72. The van der Waals surface area contributed by atoms with Gasteiger partial charge >= 0.3 is 6.03 Å². The number of amides is 2. The summed E-state index contributed by atoms with van der Waals surface area (Å²) >= 11 is 0. The molecule has 0 aromatic heterocycles. The summed E-state index contributed by atoms with van der Waals surface area (Å²) in [5.41, 5.74) is 0. The molecule has 1 fully saturated rings. The van der Waals surface area contributed by atoms with Gasteiger partial charge in [0.15, 0.2) is 0 Å². The second kappa shape index (κ2) is 2.90. The zero-order chi connectivity index (χ0) is 7.56. The standard InChI is InChI=1S/C7H14N2O/c1-5(2)6-3-8-7(10)9-4-6/h5-6H,3-4H2,1-2H3,(H2,8,9,10). The van der Waals surface area contributed by atoms with Gasteiger partial charge in [-0.05, 0) is 11.8 Å². The number of nitrogens with one attached hydrogen (secondary N) is 2. The number of hydrogen-bond acceptors (Lipinski definition) is 1. The van der Waals surface area contributed by atoms with E-state index in [0.717, 1.165) is 13.1 Å². The van der Waals surface area contributed by atoms with Gasteiger partial charge in [0.25, 0.3) is 0 Å². The first-order chi connectivity index (χ1) is 4.70. The highest BCUT2D eigenvalue weighted by atomic mass is 16.2. The summed E-state index contributed by atoms with van der Waals surface area (Å²) < 4.78 is 0.